The van der Waals surface area contributed by atoms with Crippen LogP contribution in [-0.4, -0.2) is 0 Å². The first-order chi connectivity index (χ1) is 5.41. The Morgan fingerprint density at radius 1 is 0.909 bits per heavy atom. The number of rotatable bonds is 6. The molecule has 0 fully saturated rings. The van der Waals surface area contributed by atoms with Crippen LogP contribution in [0.25, 0.3) is 0 Å². The van der Waals surface area contributed by atoms with Gasteiger partial charge in [0.05, 0.1) is 0 Å². The normalized spacial score (nSPS) is 11.8. The predicted molar refractivity (Wildman–Crippen MR) is 52.7 cm³/mol. The molecule has 0 aromatic carbocycles. The van der Waals surface area contributed by atoms with E-state index in [0.29, 0.717) is 0 Å². The summed E-state index contributed by atoms with van der Waals surface area (Å²) in [5, 5.41) is 0. The third kappa shape index (κ3) is 9.48. The van der Waals surface area contributed by atoms with Crippen molar-refractivity contribution in [2.75, 3.05) is 0 Å². The van der Waals surface area contributed by atoms with E-state index in [1.54, 1.807) is 0 Å². The maximum atomic E-state index is 2.30. The third-order valence-electron chi connectivity index (χ3n) is 1.60. The second kappa shape index (κ2) is 9.48. The lowest BCUT2D eigenvalue weighted by Gasteiger charge is -1.89. The Bertz CT molecular complexity index is 109. The maximum Gasteiger partial charge on any atom is -0.0348 e. The SMILES string of the molecule is C/C=C/CCC/C=C/CCC. The van der Waals surface area contributed by atoms with Crippen molar-refractivity contribution in [2.24, 2.45) is 0 Å². The lowest BCUT2D eigenvalue weighted by molar-refractivity contribution is 0.858. The number of hydrogen-bond donors (Lipinski definition) is 0. The second-order valence-corrected chi connectivity index (χ2v) is 2.76. The van der Waals surface area contributed by atoms with Gasteiger partial charge in [0, 0.05) is 0 Å². The van der Waals surface area contributed by atoms with E-state index in [1.165, 1.54) is 32.1 Å². The Morgan fingerprint density at radius 2 is 1.55 bits per heavy atom. The molecule has 0 radical (unpaired) electrons. The average Bonchev–Trinajstić information content (AvgIpc) is 2.03. The summed E-state index contributed by atoms with van der Waals surface area (Å²) in [6, 6.07) is 0. The van der Waals surface area contributed by atoms with Crippen LogP contribution >= 0.6 is 0 Å². The van der Waals surface area contributed by atoms with Crippen LogP contribution in [0.4, 0.5) is 0 Å². The Balaban J connectivity index is 3.00. The van der Waals surface area contributed by atoms with E-state index in [-0.39, 0.29) is 0 Å². The molecule has 0 N–H and O–H groups in total. The zero-order chi connectivity index (χ0) is 8.36. The van der Waals surface area contributed by atoms with Crippen molar-refractivity contribution < 1.29 is 0 Å². The molecule has 11 heavy (non-hydrogen) atoms. The van der Waals surface area contributed by atoms with E-state index < -0.39 is 0 Å². The second-order valence-electron chi connectivity index (χ2n) is 2.76. The van der Waals surface area contributed by atoms with Gasteiger partial charge < -0.3 is 0 Å². The minimum atomic E-state index is 1.23. The van der Waals surface area contributed by atoms with Gasteiger partial charge in [-0.25, -0.2) is 0 Å². The first-order valence-electron chi connectivity index (χ1n) is 4.68. The molecule has 0 spiro atoms. The van der Waals surface area contributed by atoms with E-state index in [0.717, 1.165) is 0 Å². The van der Waals surface area contributed by atoms with Gasteiger partial charge in [-0.1, -0.05) is 37.6 Å². The smallest absolute Gasteiger partial charge is 0.0348 e. The first kappa shape index (κ1) is 10.5. The van der Waals surface area contributed by atoms with Gasteiger partial charge in [0.2, 0.25) is 0 Å². The highest BCUT2D eigenvalue weighted by Crippen LogP contribution is 1.99. The van der Waals surface area contributed by atoms with E-state index in [9.17, 15) is 0 Å². The summed E-state index contributed by atoms with van der Waals surface area (Å²) in [6.45, 7) is 4.29. The van der Waals surface area contributed by atoms with E-state index in [1.807, 2.05) is 0 Å². The Labute approximate surface area is 71.0 Å². The number of hydrogen-bond acceptors (Lipinski definition) is 0. The Hall–Kier alpha value is -0.520. The van der Waals surface area contributed by atoms with E-state index >= 15 is 0 Å². The van der Waals surface area contributed by atoms with Gasteiger partial charge in [-0.15, -0.1) is 0 Å². The molecule has 64 valence electrons. The fraction of sp³-hybridized carbons (Fsp3) is 0.636. The molecule has 0 unspecified atom stereocenters. The minimum Gasteiger partial charge on any atom is -0.0917 e. The van der Waals surface area contributed by atoms with Crippen LogP contribution in [0.1, 0.15) is 46.0 Å². The number of allylic oxidation sites excluding steroid dienone is 4. The lowest BCUT2D eigenvalue weighted by Crippen LogP contribution is -1.68. The third-order valence-corrected chi connectivity index (χ3v) is 1.60. The van der Waals surface area contributed by atoms with Gasteiger partial charge in [-0.3, -0.25) is 0 Å². The molecule has 0 saturated carbocycles. The topological polar surface area (TPSA) is 0 Å². The van der Waals surface area contributed by atoms with Gasteiger partial charge in [0.25, 0.3) is 0 Å². The van der Waals surface area contributed by atoms with Crippen molar-refractivity contribution in [2.45, 2.75) is 46.0 Å². The Kier molecular flexibility index (Phi) is 9.03. The Morgan fingerprint density at radius 3 is 2.18 bits per heavy atom. The highest BCUT2D eigenvalue weighted by atomic mass is 13.9. The zero-order valence-electron chi connectivity index (χ0n) is 7.84. The summed E-state index contributed by atoms with van der Waals surface area (Å²) in [6.07, 6.45) is 15.2. The first-order valence-corrected chi connectivity index (χ1v) is 4.68. The molecule has 0 heterocycles. The standard InChI is InChI=1S/C11H20/c1-3-5-7-9-11-10-8-6-4-2/h3,5,8,10H,4,6-7,9,11H2,1-2H3/b5-3+,10-8+. The molecule has 0 atom stereocenters. The van der Waals surface area contributed by atoms with Crippen LogP contribution in [0.5, 0.6) is 0 Å². The van der Waals surface area contributed by atoms with Crippen LogP contribution in [0.3, 0.4) is 0 Å². The highest BCUT2D eigenvalue weighted by molar-refractivity contribution is 4.83. The molecular weight excluding hydrogens is 132 g/mol. The van der Waals surface area contributed by atoms with Gasteiger partial charge in [0.1, 0.15) is 0 Å². The molecule has 0 saturated heterocycles. The van der Waals surface area contributed by atoms with Crippen LogP contribution in [-0.2, 0) is 0 Å². The van der Waals surface area contributed by atoms with Gasteiger partial charge in [0.15, 0.2) is 0 Å². The fourth-order valence-electron chi connectivity index (χ4n) is 0.923. The molecule has 0 nitrogen and oxygen atoms in total. The van der Waals surface area contributed by atoms with Crippen molar-refractivity contribution in [3.05, 3.63) is 24.3 Å². The average molecular weight is 152 g/mol. The lowest BCUT2D eigenvalue weighted by atomic mass is 10.2. The minimum absolute atomic E-state index is 1.23. The van der Waals surface area contributed by atoms with E-state index in [4.69, 9.17) is 0 Å². The molecule has 0 aliphatic heterocycles. The van der Waals surface area contributed by atoms with Crippen molar-refractivity contribution in [3.8, 4) is 0 Å². The molecule has 0 aromatic rings. The van der Waals surface area contributed by atoms with Crippen molar-refractivity contribution in [1.29, 1.82) is 0 Å². The van der Waals surface area contributed by atoms with Crippen molar-refractivity contribution in [3.63, 3.8) is 0 Å². The molecule has 0 amide bonds. The summed E-state index contributed by atoms with van der Waals surface area (Å²) < 4.78 is 0. The van der Waals surface area contributed by atoms with Crippen LogP contribution in [0.15, 0.2) is 24.3 Å². The molecule has 0 heteroatoms. The summed E-state index contributed by atoms with van der Waals surface area (Å²) in [5.74, 6) is 0. The quantitative estimate of drug-likeness (QED) is 0.397. The summed E-state index contributed by atoms with van der Waals surface area (Å²) in [5.41, 5.74) is 0. The van der Waals surface area contributed by atoms with Gasteiger partial charge >= 0.3 is 0 Å². The van der Waals surface area contributed by atoms with Crippen LogP contribution in [0, 0.1) is 0 Å². The van der Waals surface area contributed by atoms with Crippen molar-refractivity contribution in [1.82, 2.24) is 0 Å². The van der Waals surface area contributed by atoms with Gasteiger partial charge in [-0.05, 0) is 32.6 Å². The van der Waals surface area contributed by atoms with Crippen molar-refractivity contribution >= 4 is 0 Å². The molecule has 0 aliphatic carbocycles. The number of unbranched alkanes of at least 4 members (excludes halogenated alkanes) is 3. The molecular formula is C11H20. The van der Waals surface area contributed by atoms with Crippen LogP contribution < -0.4 is 0 Å². The predicted octanol–water partition coefficient (Wildman–Crippen LogP) is 4.09. The maximum absolute atomic E-state index is 2.30. The highest BCUT2D eigenvalue weighted by Gasteiger charge is 1.78. The molecule has 0 aromatic heterocycles. The molecule has 0 bridgehead atoms. The largest absolute Gasteiger partial charge is 0.0917 e. The van der Waals surface area contributed by atoms with Crippen LogP contribution in [0.2, 0.25) is 0 Å². The monoisotopic (exact) mass is 152 g/mol. The summed E-state index contributed by atoms with van der Waals surface area (Å²) >= 11 is 0. The fourth-order valence-corrected chi connectivity index (χ4v) is 0.923. The summed E-state index contributed by atoms with van der Waals surface area (Å²) in [4.78, 5) is 0. The zero-order valence-corrected chi connectivity index (χ0v) is 7.84. The van der Waals surface area contributed by atoms with Gasteiger partial charge in [-0.2, -0.15) is 0 Å². The molecule has 0 rings (SSSR count). The van der Waals surface area contributed by atoms with E-state index in [2.05, 4.69) is 38.2 Å². The molecule has 0 aliphatic rings. The summed E-state index contributed by atoms with van der Waals surface area (Å²) in [7, 11) is 0.